The highest BCUT2D eigenvalue weighted by Gasteiger charge is 1.97. The van der Waals surface area contributed by atoms with Crippen molar-refractivity contribution in [1.29, 1.82) is 0 Å². The maximum absolute atomic E-state index is 10.9. The van der Waals surface area contributed by atoms with Gasteiger partial charge in [0.05, 0.1) is 19.0 Å². The fourth-order valence-electron chi connectivity index (χ4n) is 0.656. The van der Waals surface area contributed by atoms with Crippen molar-refractivity contribution in [3.8, 4) is 0 Å². The summed E-state index contributed by atoms with van der Waals surface area (Å²) in [6.45, 7) is 3.75. The summed E-state index contributed by atoms with van der Waals surface area (Å²) in [6, 6.07) is 0. The average molecular weight is 229 g/mol. The molecule has 0 aliphatic carbocycles. The minimum absolute atomic E-state index is 0.364. The Morgan fingerprint density at radius 2 is 2.08 bits per heavy atom. The average Bonchev–Trinajstić information content (AvgIpc) is 2.11. The molecule has 0 radical (unpaired) electrons. The van der Waals surface area contributed by atoms with E-state index in [2.05, 4.69) is 6.92 Å². The van der Waals surface area contributed by atoms with Gasteiger partial charge in [0.25, 0.3) is 0 Å². The van der Waals surface area contributed by atoms with E-state index in [1.54, 1.807) is 0 Å². The van der Waals surface area contributed by atoms with Gasteiger partial charge in [0.2, 0.25) is 0 Å². The largest absolute Gasteiger partial charge is 0.379 e. The van der Waals surface area contributed by atoms with Crippen molar-refractivity contribution < 1.29 is 13.1 Å². The van der Waals surface area contributed by atoms with Gasteiger partial charge < -0.3 is 4.74 Å². The van der Waals surface area contributed by atoms with Crippen LogP contribution in [0, 0.1) is 0 Å². The predicted octanol–water partition coefficient (Wildman–Crippen LogP) is 1.72. The molecule has 0 aromatic carbocycles. The van der Waals surface area contributed by atoms with Crippen LogP contribution in [0.5, 0.6) is 0 Å². The van der Waals surface area contributed by atoms with Crippen molar-refractivity contribution in [3.05, 3.63) is 0 Å². The highest BCUT2D eigenvalue weighted by molar-refractivity contribution is 7.80. The number of halogens is 1. The van der Waals surface area contributed by atoms with Crippen LogP contribution in [0.3, 0.4) is 0 Å². The lowest BCUT2D eigenvalue weighted by atomic mass is 10.4. The van der Waals surface area contributed by atoms with Crippen LogP contribution in [0.1, 0.15) is 19.8 Å². The van der Waals surface area contributed by atoms with Gasteiger partial charge in [-0.15, -0.1) is 11.6 Å². The Kier molecular flexibility index (Phi) is 10.7. The molecule has 0 aromatic heterocycles. The molecule has 0 rings (SSSR count). The van der Waals surface area contributed by atoms with Gasteiger partial charge in [-0.1, -0.05) is 13.3 Å². The lowest BCUT2D eigenvalue weighted by Crippen LogP contribution is -2.09. The van der Waals surface area contributed by atoms with E-state index in [1.165, 1.54) is 0 Å². The molecule has 0 saturated heterocycles. The van der Waals surface area contributed by atoms with Gasteiger partial charge in [0.1, 0.15) is 0 Å². The van der Waals surface area contributed by atoms with Crippen molar-refractivity contribution in [2.75, 3.05) is 31.5 Å². The second-order valence-corrected chi connectivity index (χ2v) is 4.11. The highest BCUT2D eigenvalue weighted by Crippen LogP contribution is 1.91. The van der Waals surface area contributed by atoms with E-state index < -0.39 is 11.1 Å². The Morgan fingerprint density at radius 1 is 1.31 bits per heavy atom. The van der Waals surface area contributed by atoms with E-state index in [1.807, 2.05) is 0 Å². The van der Waals surface area contributed by atoms with Crippen LogP contribution in [-0.4, -0.2) is 35.7 Å². The molecule has 1 unspecified atom stereocenters. The molecule has 0 aliphatic rings. The molecule has 3 nitrogen and oxygen atoms in total. The zero-order chi connectivity index (χ0) is 9.94. The monoisotopic (exact) mass is 228 g/mol. The van der Waals surface area contributed by atoms with Crippen molar-refractivity contribution >= 4 is 22.7 Å². The van der Waals surface area contributed by atoms with E-state index in [0.29, 0.717) is 24.8 Å². The molecular weight excluding hydrogens is 212 g/mol. The maximum atomic E-state index is 10.9. The maximum Gasteiger partial charge on any atom is 0.156 e. The molecule has 0 aliphatic heterocycles. The fraction of sp³-hybridized carbons (Fsp3) is 1.00. The van der Waals surface area contributed by atoms with Crippen LogP contribution in [0.4, 0.5) is 0 Å². The van der Waals surface area contributed by atoms with Crippen molar-refractivity contribution in [3.63, 3.8) is 0 Å². The first kappa shape index (κ1) is 13.4. The number of hydrogen-bond donors (Lipinski definition) is 0. The molecule has 0 heterocycles. The Balaban J connectivity index is 3.02. The van der Waals surface area contributed by atoms with Crippen LogP contribution in [0.2, 0.25) is 0 Å². The van der Waals surface area contributed by atoms with Crippen LogP contribution < -0.4 is 0 Å². The molecule has 0 fully saturated rings. The lowest BCUT2D eigenvalue weighted by Gasteiger charge is -2.03. The van der Waals surface area contributed by atoms with E-state index in [9.17, 15) is 4.21 Å². The summed E-state index contributed by atoms with van der Waals surface area (Å²) in [5, 5.41) is 0. The van der Waals surface area contributed by atoms with Gasteiger partial charge in [0, 0.05) is 12.5 Å². The number of alkyl halides is 1. The van der Waals surface area contributed by atoms with Gasteiger partial charge in [-0.05, 0) is 6.42 Å². The van der Waals surface area contributed by atoms with E-state index in [4.69, 9.17) is 20.5 Å². The Labute approximate surface area is 87.4 Å². The molecule has 0 bridgehead atoms. The van der Waals surface area contributed by atoms with Crippen molar-refractivity contribution in [1.82, 2.24) is 0 Å². The molecule has 0 amide bonds. The third kappa shape index (κ3) is 10.3. The fourth-order valence-corrected chi connectivity index (χ4v) is 1.53. The van der Waals surface area contributed by atoms with Crippen LogP contribution >= 0.6 is 11.6 Å². The summed E-state index contributed by atoms with van der Waals surface area (Å²) in [7, 11) is 0. The summed E-state index contributed by atoms with van der Waals surface area (Å²) in [5.41, 5.74) is 0. The Morgan fingerprint density at radius 3 is 2.69 bits per heavy atom. The molecule has 80 valence electrons. The number of rotatable bonds is 9. The number of ether oxygens (including phenoxy) is 1. The topological polar surface area (TPSA) is 35.5 Å². The molecule has 5 heteroatoms. The minimum Gasteiger partial charge on any atom is -0.379 e. The minimum atomic E-state index is -1.24. The number of unbranched alkanes of at least 4 members (excludes halogenated alkanes) is 1. The molecule has 1 atom stereocenters. The second kappa shape index (κ2) is 10.4. The third-order valence-corrected chi connectivity index (χ3v) is 2.71. The zero-order valence-electron chi connectivity index (χ0n) is 7.96. The second-order valence-electron chi connectivity index (χ2n) is 2.48. The van der Waals surface area contributed by atoms with Gasteiger partial charge in [-0.2, -0.15) is 0 Å². The standard InChI is InChI=1S/C8H17ClO3S/c1-2-3-5-11-6-7-12-13(10)8-4-9/h2-8H2,1H3. The molecule has 0 N–H and O–H groups in total. The molecule has 13 heavy (non-hydrogen) atoms. The van der Waals surface area contributed by atoms with E-state index in [0.717, 1.165) is 19.4 Å². The van der Waals surface area contributed by atoms with Crippen molar-refractivity contribution in [2.45, 2.75) is 19.8 Å². The molecule has 0 spiro atoms. The van der Waals surface area contributed by atoms with Gasteiger partial charge in [-0.3, -0.25) is 4.18 Å². The quantitative estimate of drug-likeness (QED) is 0.445. The van der Waals surface area contributed by atoms with Gasteiger partial charge >= 0.3 is 0 Å². The van der Waals surface area contributed by atoms with Crippen LogP contribution in [0.25, 0.3) is 0 Å². The Bertz CT molecular complexity index is 133. The van der Waals surface area contributed by atoms with Crippen LogP contribution in [-0.2, 0) is 20.0 Å². The smallest absolute Gasteiger partial charge is 0.156 e. The van der Waals surface area contributed by atoms with E-state index >= 15 is 0 Å². The molecule has 0 saturated carbocycles. The normalized spacial score (nSPS) is 13.1. The van der Waals surface area contributed by atoms with Gasteiger partial charge in [0.15, 0.2) is 11.1 Å². The van der Waals surface area contributed by atoms with Crippen LogP contribution in [0.15, 0.2) is 0 Å². The lowest BCUT2D eigenvalue weighted by molar-refractivity contribution is 0.102. The summed E-state index contributed by atoms with van der Waals surface area (Å²) < 4.78 is 21.0. The first-order valence-corrected chi connectivity index (χ1v) is 6.24. The predicted molar refractivity (Wildman–Crippen MR) is 55.4 cm³/mol. The SMILES string of the molecule is CCCCOCCOS(=O)CCCl. The number of hydrogen-bond acceptors (Lipinski definition) is 3. The zero-order valence-corrected chi connectivity index (χ0v) is 9.53. The summed E-state index contributed by atoms with van der Waals surface area (Å²) in [5.74, 6) is 0.750. The van der Waals surface area contributed by atoms with Gasteiger partial charge in [-0.25, -0.2) is 4.21 Å². The Hall–Kier alpha value is 0.360. The molecular formula is C8H17ClO3S. The highest BCUT2D eigenvalue weighted by atomic mass is 35.5. The van der Waals surface area contributed by atoms with E-state index in [-0.39, 0.29) is 0 Å². The summed E-state index contributed by atoms with van der Waals surface area (Å²) in [4.78, 5) is 0. The summed E-state index contributed by atoms with van der Waals surface area (Å²) >= 11 is 4.13. The molecule has 0 aromatic rings. The van der Waals surface area contributed by atoms with Crippen molar-refractivity contribution in [2.24, 2.45) is 0 Å². The summed E-state index contributed by atoms with van der Waals surface area (Å²) in [6.07, 6.45) is 2.18. The third-order valence-electron chi connectivity index (χ3n) is 1.33. The first-order chi connectivity index (χ1) is 6.31. The first-order valence-electron chi connectivity index (χ1n) is 4.46.